The summed E-state index contributed by atoms with van der Waals surface area (Å²) >= 11 is 0. The minimum atomic E-state index is -0.861. The standard InChI is InChI=1S/C16H20N6O3/c1-10-5-12(15(23)24)8-21(7-10)16(25)18-13-4-3-11(2)14(6-13)22-9-17-19-20-22/h3-4,6,9-10,12H,5,7-8H2,1-2H3,(H,18,25)(H,23,24). The van der Waals surface area contributed by atoms with Crippen LogP contribution >= 0.6 is 0 Å². The number of carboxylic acids is 1. The summed E-state index contributed by atoms with van der Waals surface area (Å²) in [4.78, 5) is 25.4. The molecule has 132 valence electrons. The number of nitrogens with one attached hydrogen (secondary N) is 1. The van der Waals surface area contributed by atoms with Gasteiger partial charge in [-0.25, -0.2) is 9.48 Å². The van der Waals surface area contributed by atoms with E-state index >= 15 is 0 Å². The molecule has 25 heavy (non-hydrogen) atoms. The van der Waals surface area contributed by atoms with Crippen molar-refractivity contribution in [1.82, 2.24) is 25.1 Å². The molecule has 0 bridgehead atoms. The third-order valence-corrected chi connectivity index (χ3v) is 4.35. The van der Waals surface area contributed by atoms with Crippen LogP contribution in [-0.4, -0.2) is 55.3 Å². The normalized spacial score (nSPS) is 20.3. The second-order valence-electron chi connectivity index (χ2n) is 6.47. The maximum Gasteiger partial charge on any atom is 0.321 e. The average molecular weight is 344 g/mol. The molecule has 0 saturated carbocycles. The number of rotatable bonds is 3. The van der Waals surface area contributed by atoms with Crippen LogP contribution in [-0.2, 0) is 4.79 Å². The van der Waals surface area contributed by atoms with Crippen LogP contribution in [0.4, 0.5) is 10.5 Å². The molecule has 2 atom stereocenters. The largest absolute Gasteiger partial charge is 0.481 e. The molecule has 1 aromatic carbocycles. The van der Waals surface area contributed by atoms with E-state index in [4.69, 9.17) is 0 Å². The van der Waals surface area contributed by atoms with Crippen LogP contribution in [0.5, 0.6) is 0 Å². The summed E-state index contributed by atoms with van der Waals surface area (Å²) < 4.78 is 1.52. The molecule has 9 nitrogen and oxygen atoms in total. The van der Waals surface area contributed by atoms with Crippen molar-refractivity contribution in [2.24, 2.45) is 11.8 Å². The van der Waals surface area contributed by atoms with Crippen LogP contribution in [0.25, 0.3) is 5.69 Å². The topological polar surface area (TPSA) is 113 Å². The lowest BCUT2D eigenvalue weighted by Crippen LogP contribution is -2.47. The van der Waals surface area contributed by atoms with Crippen LogP contribution < -0.4 is 5.32 Å². The third-order valence-electron chi connectivity index (χ3n) is 4.35. The Morgan fingerprint density at radius 2 is 2.12 bits per heavy atom. The lowest BCUT2D eigenvalue weighted by Gasteiger charge is -2.34. The smallest absolute Gasteiger partial charge is 0.321 e. The summed E-state index contributed by atoms with van der Waals surface area (Å²) in [7, 11) is 0. The van der Waals surface area contributed by atoms with Crippen molar-refractivity contribution in [3.05, 3.63) is 30.1 Å². The zero-order valence-corrected chi connectivity index (χ0v) is 14.1. The van der Waals surface area contributed by atoms with E-state index in [2.05, 4.69) is 20.8 Å². The molecule has 1 aliphatic rings. The molecular weight excluding hydrogens is 324 g/mol. The van der Waals surface area contributed by atoms with E-state index in [1.54, 1.807) is 17.0 Å². The first-order chi connectivity index (χ1) is 11.9. The highest BCUT2D eigenvalue weighted by Crippen LogP contribution is 2.23. The van der Waals surface area contributed by atoms with E-state index in [-0.39, 0.29) is 18.5 Å². The van der Waals surface area contributed by atoms with Crippen molar-refractivity contribution >= 4 is 17.7 Å². The van der Waals surface area contributed by atoms with Gasteiger partial charge in [-0.15, -0.1) is 5.10 Å². The van der Waals surface area contributed by atoms with Gasteiger partial charge in [-0.2, -0.15) is 0 Å². The highest BCUT2D eigenvalue weighted by Gasteiger charge is 2.31. The lowest BCUT2D eigenvalue weighted by molar-refractivity contribution is -0.143. The predicted molar refractivity (Wildman–Crippen MR) is 89.4 cm³/mol. The molecule has 1 fully saturated rings. The number of aromatic nitrogens is 4. The molecule has 3 rings (SSSR count). The van der Waals surface area contributed by atoms with Crippen LogP contribution in [0.15, 0.2) is 24.5 Å². The number of carboxylic acid groups (broad SMARTS) is 1. The van der Waals surface area contributed by atoms with Gasteiger partial charge >= 0.3 is 12.0 Å². The minimum Gasteiger partial charge on any atom is -0.481 e. The van der Waals surface area contributed by atoms with E-state index in [1.807, 2.05) is 19.9 Å². The summed E-state index contributed by atoms with van der Waals surface area (Å²) in [5, 5.41) is 23.2. The molecular formula is C16H20N6O3. The van der Waals surface area contributed by atoms with Gasteiger partial charge in [0.25, 0.3) is 0 Å². The Balaban J connectivity index is 1.75. The van der Waals surface area contributed by atoms with Gasteiger partial charge in [0.2, 0.25) is 0 Å². The monoisotopic (exact) mass is 344 g/mol. The molecule has 2 N–H and O–H groups in total. The number of carbonyl (C=O) groups is 2. The first-order valence-electron chi connectivity index (χ1n) is 8.06. The highest BCUT2D eigenvalue weighted by atomic mass is 16.4. The Labute approximate surface area is 144 Å². The Bertz CT molecular complexity index is 776. The molecule has 1 saturated heterocycles. The number of tetrazole rings is 1. The second kappa shape index (κ2) is 6.88. The van der Waals surface area contributed by atoms with Crippen molar-refractivity contribution in [2.45, 2.75) is 20.3 Å². The van der Waals surface area contributed by atoms with Gasteiger partial charge in [0.05, 0.1) is 11.6 Å². The second-order valence-corrected chi connectivity index (χ2v) is 6.47. The van der Waals surface area contributed by atoms with Crippen molar-refractivity contribution in [1.29, 1.82) is 0 Å². The van der Waals surface area contributed by atoms with Crippen LogP contribution in [0.2, 0.25) is 0 Å². The van der Waals surface area contributed by atoms with Gasteiger partial charge in [0.15, 0.2) is 0 Å². The molecule has 2 unspecified atom stereocenters. The van der Waals surface area contributed by atoms with Gasteiger partial charge in [-0.3, -0.25) is 4.79 Å². The van der Waals surface area contributed by atoms with E-state index in [0.717, 1.165) is 11.3 Å². The van der Waals surface area contributed by atoms with Gasteiger partial charge in [-0.05, 0) is 47.4 Å². The first kappa shape index (κ1) is 16.9. The number of hydrogen-bond donors (Lipinski definition) is 2. The van der Waals surface area contributed by atoms with Crippen molar-refractivity contribution in [3.63, 3.8) is 0 Å². The van der Waals surface area contributed by atoms with Crippen molar-refractivity contribution < 1.29 is 14.7 Å². The zero-order valence-electron chi connectivity index (χ0n) is 14.1. The number of aryl methyl sites for hydroxylation is 1. The Kier molecular flexibility index (Phi) is 4.64. The fraction of sp³-hybridized carbons (Fsp3) is 0.438. The summed E-state index contributed by atoms with van der Waals surface area (Å²) in [6.07, 6.45) is 2.07. The highest BCUT2D eigenvalue weighted by molar-refractivity contribution is 5.90. The summed E-state index contributed by atoms with van der Waals surface area (Å²) in [5.74, 6) is -1.24. The van der Waals surface area contributed by atoms with Crippen LogP contribution in [0, 0.1) is 18.8 Å². The van der Waals surface area contributed by atoms with Gasteiger partial charge in [0.1, 0.15) is 6.33 Å². The zero-order chi connectivity index (χ0) is 18.0. The fourth-order valence-electron chi connectivity index (χ4n) is 3.10. The van der Waals surface area contributed by atoms with E-state index in [9.17, 15) is 14.7 Å². The Morgan fingerprint density at radius 1 is 1.32 bits per heavy atom. The number of piperidine rings is 1. The summed E-state index contributed by atoms with van der Waals surface area (Å²) in [5.41, 5.74) is 2.33. The molecule has 9 heteroatoms. The Hall–Kier alpha value is -2.97. The molecule has 2 aromatic rings. The van der Waals surface area contributed by atoms with E-state index in [0.29, 0.717) is 18.7 Å². The molecule has 2 heterocycles. The van der Waals surface area contributed by atoms with Crippen LogP contribution in [0.1, 0.15) is 18.9 Å². The maximum absolute atomic E-state index is 12.5. The molecule has 2 amide bonds. The number of hydrogen-bond acceptors (Lipinski definition) is 5. The fourth-order valence-corrected chi connectivity index (χ4v) is 3.10. The molecule has 1 aliphatic heterocycles. The number of benzene rings is 1. The molecule has 1 aromatic heterocycles. The van der Waals surface area contributed by atoms with E-state index in [1.165, 1.54) is 11.0 Å². The number of carbonyl (C=O) groups excluding carboxylic acids is 1. The summed E-state index contributed by atoms with van der Waals surface area (Å²) in [6.45, 7) is 4.64. The number of likely N-dealkylation sites (tertiary alicyclic amines) is 1. The average Bonchev–Trinajstić information content (AvgIpc) is 3.10. The number of urea groups is 1. The number of aliphatic carboxylic acids is 1. The van der Waals surface area contributed by atoms with Crippen LogP contribution in [0.3, 0.4) is 0 Å². The SMILES string of the molecule is Cc1ccc(NC(=O)N2CC(C)CC(C(=O)O)C2)cc1-n1cnnn1. The maximum atomic E-state index is 12.5. The molecule has 0 spiro atoms. The molecule has 0 aliphatic carbocycles. The predicted octanol–water partition coefficient (Wildman–Crippen LogP) is 1.55. The van der Waals surface area contributed by atoms with Gasteiger partial charge < -0.3 is 15.3 Å². The number of anilines is 1. The number of nitrogens with zero attached hydrogens (tertiary/aromatic N) is 5. The van der Waals surface area contributed by atoms with Crippen molar-refractivity contribution in [3.8, 4) is 5.69 Å². The van der Waals surface area contributed by atoms with Gasteiger partial charge in [0, 0.05) is 18.8 Å². The first-order valence-corrected chi connectivity index (χ1v) is 8.06. The van der Waals surface area contributed by atoms with Gasteiger partial charge in [-0.1, -0.05) is 13.0 Å². The lowest BCUT2D eigenvalue weighted by atomic mass is 9.91. The van der Waals surface area contributed by atoms with E-state index < -0.39 is 11.9 Å². The minimum absolute atomic E-state index is 0.149. The van der Waals surface area contributed by atoms with Crippen molar-refractivity contribution in [2.75, 3.05) is 18.4 Å². The summed E-state index contributed by atoms with van der Waals surface area (Å²) in [6, 6.07) is 5.14. The third kappa shape index (κ3) is 3.76. The quantitative estimate of drug-likeness (QED) is 0.873. The Morgan fingerprint density at radius 3 is 2.80 bits per heavy atom. The molecule has 0 radical (unpaired) electrons. The number of amides is 2.